The number of nitrogens with one attached hydrogen (secondary N) is 2. The molecule has 0 aliphatic carbocycles. The van der Waals surface area contributed by atoms with Crippen molar-refractivity contribution >= 4 is 17.7 Å². The summed E-state index contributed by atoms with van der Waals surface area (Å²) in [4.78, 5) is 40.5. The lowest BCUT2D eigenvalue weighted by molar-refractivity contribution is -0.138. The van der Waals surface area contributed by atoms with Gasteiger partial charge in [-0.3, -0.25) is 19.5 Å². The van der Waals surface area contributed by atoms with E-state index in [1.165, 1.54) is 21.9 Å². The Morgan fingerprint density at radius 1 is 0.972 bits per heavy atom. The molecule has 1 fully saturated rings. The number of carbonyl (C=O) groups is 3. The number of alkyl halides is 3. The molecule has 3 aromatic rings. The lowest BCUT2D eigenvalue weighted by Crippen LogP contribution is -2.52. The third kappa shape index (κ3) is 5.40. The number of amides is 3. The first-order valence-electron chi connectivity index (χ1n) is 11.3. The van der Waals surface area contributed by atoms with Gasteiger partial charge in [0.15, 0.2) is 0 Å². The van der Waals surface area contributed by atoms with Crippen molar-refractivity contribution in [1.29, 1.82) is 0 Å². The largest absolute Gasteiger partial charge is 0.417 e. The van der Waals surface area contributed by atoms with Crippen LogP contribution in [0, 0.1) is 6.92 Å². The van der Waals surface area contributed by atoms with Crippen LogP contribution in [0.5, 0.6) is 0 Å². The summed E-state index contributed by atoms with van der Waals surface area (Å²) in [5.41, 5.74) is 1.30. The Hall–Kier alpha value is -4.15. The van der Waals surface area contributed by atoms with E-state index in [0.29, 0.717) is 5.69 Å². The van der Waals surface area contributed by atoms with Crippen LogP contribution in [0.15, 0.2) is 54.6 Å². The summed E-state index contributed by atoms with van der Waals surface area (Å²) in [6.07, 6.45) is -4.64. The summed E-state index contributed by atoms with van der Waals surface area (Å²) < 4.78 is 39.8. The van der Waals surface area contributed by atoms with Crippen molar-refractivity contribution in [2.75, 3.05) is 32.7 Å². The number of rotatable bonds is 5. The van der Waals surface area contributed by atoms with Gasteiger partial charge in [-0.05, 0) is 30.7 Å². The highest BCUT2D eigenvalue weighted by molar-refractivity contribution is 5.97. The summed E-state index contributed by atoms with van der Waals surface area (Å²) >= 11 is 0. The van der Waals surface area contributed by atoms with Gasteiger partial charge in [-0.25, -0.2) is 0 Å². The van der Waals surface area contributed by atoms with Gasteiger partial charge in [-0.15, -0.1) is 0 Å². The van der Waals surface area contributed by atoms with E-state index in [1.54, 1.807) is 6.07 Å². The number of H-pyrrole nitrogens is 1. The fourth-order valence-corrected chi connectivity index (χ4v) is 4.05. The van der Waals surface area contributed by atoms with E-state index >= 15 is 0 Å². The molecule has 0 spiro atoms. The van der Waals surface area contributed by atoms with Crippen molar-refractivity contribution in [3.63, 3.8) is 0 Å². The maximum absolute atomic E-state index is 13.3. The number of benzene rings is 2. The zero-order valence-corrected chi connectivity index (χ0v) is 19.4. The molecule has 0 unspecified atom stereocenters. The van der Waals surface area contributed by atoms with Crippen LogP contribution in [-0.4, -0.2) is 70.4 Å². The zero-order valence-electron chi connectivity index (χ0n) is 19.4. The predicted octanol–water partition coefficient (Wildman–Crippen LogP) is 3.12. The minimum atomic E-state index is -4.64. The van der Waals surface area contributed by atoms with Crippen molar-refractivity contribution in [1.82, 2.24) is 25.3 Å². The Kier molecular flexibility index (Phi) is 7.09. The minimum absolute atomic E-state index is 0.0883. The molecule has 1 aliphatic rings. The molecule has 2 N–H and O–H groups in total. The highest BCUT2D eigenvalue weighted by Gasteiger charge is 2.36. The normalized spacial score (nSPS) is 14.0. The molecular formula is C25H24F3N5O3. The highest BCUT2D eigenvalue weighted by atomic mass is 19.4. The van der Waals surface area contributed by atoms with E-state index in [0.717, 1.165) is 23.3 Å². The molecule has 8 nitrogen and oxygen atoms in total. The molecule has 0 saturated carbocycles. The number of halogens is 3. The smallest absolute Gasteiger partial charge is 0.342 e. The quantitative estimate of drug-likeness (QED) is 0.564. The Balaban J connectivity index is 1.30. The Morgan fingerprint density at radius 2 is 1.61 bits per heavy atom. The monoisotopic (exact) mass is 499 g/mol. The summed E-state index contributed by atoms with van der Waals surface area (Å²) in [5, 5.41) is 9.39. The van der Waals surface area contributed by atoms with E-state index in [1.807, 2.05) is 31.2 Å². The molecule has 1 aliphatic heterocycles. The van der Waals surface area contributed by atoms with Crippen molar-refractivity contribution < 1.29 is 27.6 Å². The van der Waals surface area contributed by atoms with Crippen LogP contribution in [0.2, 0.25) is 0 Å². The molecule has 0 bridgehead atoms. The third-order valence-electron chi connectivity index (χ3n) is 6.03. The third-order valence-corrected chi connectivity index (χ3v) is 6.03. The van der Waals surface area contributed by atoms with Gasteiger partial charge in [-0.2, -0.15) is 18.3 Å². The Labute approximate surface area is 205 Å². The average Bonchev–Trinajstić information content (AvgIpc) is 3.37. The first-order valence-corrected chi connectivity index (χ1v) is 11.3. The van der Waals surface area contributed by atoms with Crippen LogP contribution in [0.25, 0.3) is 11.3 Å². The lowest BCUT2D eigenvalue weighted by atomic mass is 10.1. The maximum Gasteiger partial charge on any atom is 0.417 e. The summed E-state index contributed by atoms with van der Waals surface area (Å²) in [6.45, 7) is 2.15. The van der Waals surface area contributed by atoms with Gasteiger partial charge < -0.3 is 15.1 Å². The van der Waals surface area contributed by atoms with Gasteiger partial charge in [0.05, 0.1) is 23.4 Å². The predicted molar refractivity (Wildman–Crippen MR) is 125 cm³/mol. The van der Waals surface area contributed by atoms with Crippen molar-refractivity contribution in [3.05, 3.63) is 77.0 Å². The topological polar surface area (TPSA) is 98.4 Å². The van der Waals surface area contributed by atoms with E-state index in [4.69, 9.17) is 0 Å². The van der Waals surface area contributed by atoms with Crippen molar-refractivity contribution in [3.8, 4) is 11.3 Å². The van der Waals surface area contributed by atoms with Crippen LogP contribution in [0.3, 0.4) is 0 Å². The lowest BCUT2D eigenvalue weighted by Gasteiger charge is -2.35. The molecule has 1 aromatic heterocycles. The average molecular weight is 499 g/mol. The summed E-state index contributed by atoms with van der Waals surface area (Å²) in [6, 6.07) is 13.8. The molecule has 36 heavy (non-hydrogen) atoms. The van der Waals surface area contributed by atoms with Gasteiger partial charge in [0, 0.05) is 31.7 Å². The van der Waals surface area contributed by atoms with Gasteiger partial charge in [0.1, 0.15) is 5.69 Å². The maximum atomic E-state index is 13.3. The Morgan fingerprint density at radius 3 is 2.31 bits per heavy atom. The number of nitrogens with zero attached hydrogens (tertiary/aromatic N) is 3. The van der Waals surface area contributed by atoms with Gasteiger partial charge in [-0.1, -0.05) is 36.4 Å². The molecule has 2 aromatic carbocycles. The molecule has 11 heteroatoms. The second-order valence-corrected chi connectivity index (χ2v) is 8.38. The second-order valence-electron chi connectivity index (χ2n) is 8.38. The number of hydrogen-bond acceptors (Lipinski definition) is 4. The molecule has 3 amide bonds. The minimum Gasteiger partial charge on any atom is -0.342 e. The number of aromatic amines is 1. The fourth-order valence-electron chi connectivity index (χ4n) is 4.05. The Bertz CT molecular complexity index is 1280. The molecule has 0 atom stereocenters. The van der Waals surface area contributed by atoms with Crippen molar-refractivity contribution in [2.45, 2.75) is 13.1 Å². The molecule has 0 radical (unpaired) electrons. The fraction of sp³-hybridized carbons (Fsp3) is 0.280. The van der Waals surface area contributed by atoms with Gasteiger partial charge in [0.2, 0.25) is 5.91 Å². The van der Waals surface area contributed by atoms with Crippen LogP contribution < -0.4 is 5.32 Å². The van der Waals surface area contributed by atoms with E-state index in [-0.39, 0.29) is 44.3 Å². The number of carbonyl (C=O) groups excluding carboxylic acids is 3. The van der Waals surface area contributed by atoms with Crippen molar-refractivity contribution in [2.24, 2.45) is 0 Å². The zero-order chi connectivity index (χ0) is 25.9. The SMILES string of the molecule is Cc1ccccc1-c1cc(C(=O)NCC(=O)N2CCN(C(=O)c3ccccc3C(F)(F)F)CC2)[nH]n1. The first kappa shape index (κ1) is 25.0. The van der Waals surface area contributed by atoms with E-state index < -0.39 is 29.1 Å². The van der Waals surface area contributed by atoms with Crippen LogP contribution in [0.1, 0.15) is 32.0 Å². The second kappa shape index (κ2) is 10.2. The number of aromatic nitrogens is 2. The molecule has 2 heterocycles. The van der Waals surface area contributed by atoms with Crippen LogP contribution >= 0.6 is 0 Å². The first-order chi connectivity index (χ1) is 17.1. The molecule has 1 saturated heterocycles. The number of aryl methyl sites for hydroxylation is 1. The molecular weight excluding hydrogens is 475 g/mol. The number of piperazine rings is 1. The highest BCUT2D eigenvalue weighted by Crippen LogP contribution is 2.32. The van der Waals surface area contributed by atoms with Gasteiger partial charge >= 0.3 is 6.18 Å². The number of hydrogen-bond donors (Lipinski definition) is 2. The van der Waals surface area contributed by atoms with E-state index in [9.17, 15) is 27.6 Å². The summed E-state index contributed by atoms with van der Waals surface area (Å²) in [7, 11) is 0. The standard InChI is InChI=1S/C25H24F3N5O3/c1-16-6-2-3-7-17(16)20-14-21(31-30-20)23(35)29-15-22(34)32-10-12-33(13-11-32)24(36)18-8-4-5-9-19(18)25(26,27)28/h2-9,14H,10-13,15H2,1H3,(H,29,35)(H,30,31). The molecule has 4 rings (SSSR count). The van der Waals surface area contributed by atoms with E-state index in [2.05, 4.69) is 15.5 Å². The summed E-state index contributed by atoms with van der Waals surface area (Å²) in [5.74, 6) is -1.58. The van der Waals surface area contributed by atoms with Gasteiger partial charge in [0.25, 0.3) is 11.8 Å². The van der Waals surface area contributed by atoms with Crippen LogP contribution in [-0.2, 0) is 11.0 Å². The molecule has 188 valence electrons. The van der Waals surface area contributed by atoms with Crippen LogP contribution in [0.4, 0.5) is 13.2 Å².